The summed E-state index contributed by atoms with van der Waals surface area (Å²) >= 11 is 0. The van der Waals surface area contributed by atoms with Gasteiger partial charge in [0.05, 0.1) is 19.6 Å². The van der Waals surface area contributed by atoms with Crippen molar-refractivity contribution in [1.82, 2.24) is 5.32 Å². The van der Waals surface area contributed by atoms with Gasteiger partial charge in [-0.25, -0.2) is 0 Å². The molecule has 0 aromatic heterocycles. The van der Waals surface area contributed by atoms with E-state index >= 15 is 0 Å². The zero-order valence-electron chi connectivity index (χ0n) is 24.3. The third-order valence-electron chi connectivity index (χ3n) is 5.71. The number of carbonyl (C=O) groups excluding carboxylic acids is 2. The quantitative estimate of drug-likeness (QED) is 0.0471. The van der Waals surface area contributed by atoms with Crippen molar-refractivity contribution in [3.63, 3.8) is 0 Å². The number of carbonyl (C=O) groups is 3. The molecule has 39 heavy (non-hydrogen) atoms. The summed E-state index contributed by atoms with van der Waals surface area (Å²) in [6.07, 6.45) is 19.7. The maximum atomic E-state index is 11.8. The summed E-state index contributed by atoms with van der Waals surface area (Å²) in [4.78, 5) is 34.1. The van der Waals surface area contributed by atoms with Crippen LogP contribution in [0.25, 0.3) is 0 Å². The third-order valence-corrected chi connectivity index (χ3v) is 6.80. The van der Waals surface area contributed by atoms with Gasteiger partial charge in [0.1, 0.15) is 6.61 Å². The van der Waals surface area contributed by atoms with E-state index in [1.165, 1.54) is 57.8 Å². The molecular weight excluding hydrogens is 548 g/mol. The van der Waals surface area contributed by atoms with Crippen molar-refractivity contribution < 1.29 is 41.9 Å². The average Bonchev–Trinajstić information content (AvgIpc) is 2.83. The van der Waals surface area contributed by atoms with Gasteiger partial charge in [-0.1, -0.05) is 70.4 Å². The normalized spacial score (nSPS) is 11.8. The Kier molecular flexibility index (Phi) is 32.9. The van der Waals surface area contributed by atoms with Crippen molar-refractivity contribution in [1.29, 1.82) is 0 Å². The van der Waals surface area contributed by atoms with Crippen molar-refractivity contribution in [2.45, 2.75) is 108 Å². The first-order chi connectivity index (χ1) is 17.7. The van der Waals surface area contributed by atoms with E-state index in [0.29, 0.717) is 13.0 Å². The van der Waals surface area contributed by atoms with Crippen molar-refractivity contribution in [2.75, 3.05) is 26.4 Å². The summed E-state index contributed by atoms with van der Waals surface area (Å²) in [5, 5.41) is 9.21. The molecule has 1 amide bonds. The Balaban J connectivity index is -0.00000648. The Labute approximate surface area is 279 Å². The Morgan fingerprint density at radius 2 is 1.36 bits per heavy atom. The van der Waals surface area contributed by atoms with Crippen molar-refractivity contribution in [3.05, 3.63) is 12.2 Å². The fourth-order valence-corrected chi connectivity index (χ4v) is 4.16. The van der Waals surface area contributed by atoms with Crippen LogP contribution in [0.15, 0.2) is 12.2 Å². The number of esters is 1. The van der Waals surface area contributed by atoms with E-state index in [-0.39, 0.29) is 84.8 Å². The molecule has 0 fully saturated rings. The maximum absolute atomic E-state index is 11.8. The summed E-state index contributed by atoms with van der Waals surface area (Å²) in [5.74, 6) is -2.97. The smallest absolute Gasteiger partial charge is 0.325 e. The maximum Gasteiger partial charge on any atom is 0.325 e. The minimum Gasteiger partial charge on any atom is -0.480 e. The molecular formula is C26H47NNa2O9S. The molecule has 3 N–H and O–H groups in total. The summed E-state index contributed by atoms with van der Waals surface area (Å²) < 4.78 is 40.5. The van der Waals surface area contributed by atoms with E-state index < -0.39 is 33.7 Å². The molecule has 0 aliphatic heterocycles. The number of carboxylic acid groups (broad SMARTS) is 1. The molecule has 0 aliphatic carbocycles. The van der Waals surface area contributed by atoms with Gasteiger partial charge in [-0.2, -0.15) is 8.42 Å². The Morgan fingerprint density at radius 3 is 1.90 bits per heavy atom. The number of allylic oxidation sites excluding steroid dienone is 2. The number of carboxylic acids is 1. The predicted octanol–water partition coefficient (Wildman–Crippen LogP) is 3.67. The minimum absolute atomic E-state index is 0. The molecule has 0 aliphatic rings. The Hall–Kier alpha value is 0.0200. The second kappa shape index (κ2) is 29.5. The predicted molar refractivity (Wildman–Crippen MR) is 153 cm³/mol. The van der Waals surface area contributed by atoms with Crippen molar-refractivity contribution in [2.24, 2.45) is 0 Å². The second-order valence-corrected chi connectivity index (χ2v) is 10.7. The molecule has 13 heteroatoms. The van der Waals surface area contributed by atoms with Crippen LogP contribution in [0, 0.1) is 0 Å². The molecule has 0 saturated heterocycles. The number of rotatable bonds is 25. The van der Waals surface area contributed by atoms with Crippen LogP contribution in [0.3, 0.4) is 0 Å². The fourth-order valence-electron chi connectivity index (χ4n) is 3.55. The topological polar surface area (TPSA) is 156 Å². The summed E-state index contributed by atoms with van der Waals surface area (Å²) in [7, 11) is -4.91. The molecule has 0 spiro atoms. The molecule has 1 atom stereocenters. The average molecular weight is 596 g/mol. The van der Waals surface area contributed by atoms with Gasteiger partial charge in [0.2, 0.25) is 5.91 Å². The Bertz CT molecular complexity index is 765. The van der Waals surface area contributed by atoms with E-state index in [2.05, 4.69) is 29.1 Å². The van der Waals surface area contributed by atoms with Gasteiger partial charge in [0.15, 0.2) is 5.25 Å². The molecule has 0 aromatic carbocycles. The number of unbranched alkanes of at least 4 members (excludes halogenated alkanes) is 11. The molecule has 0 aromatic rings. The van der Waals surface area contributed by atoms with E-state index in [0.717, 1.165) is 25.7 Å². The zero-order chi connectivity index (χ0) is 27.8. The van der Waals surface area contributed by atoms with Gasteiger partial charge in [-0.3, -0.25) is 18.9 Å². The van der Waals surface area contributed by atoms with Crippen LogP contribution in [-0.4, -0.2) is 127 Å². The van der Waals surface area contributed by atoms with Crippen LogP contribution >= 0.6 is 0 Å². The number of nitrogens with one attached hydrogen (secondary N) is 1. The van der Waals surface area contributed by atoms with E-state index in [4.69, 9.17) is 14.4 Å². The van der Waals surface area contributed by atoms with Crippen LogP contribution in [0.1, 0.15) is 103 Å². The third kappa shape index (κ3) is 29.3. The monoisotopic (exact) mass is 595 g/mol. The molecule has 0 heterocycles. The molecule has 0 saturated carbocycles. The largest absolute Gasteiger partial charge is 0.480 e. The van der Waals surface area contributed by atoms with Crippen LogP contribution in [0.2, 0.25) is 0 Å². The number of hydrogen-bond acceptors (Lipinski definition) is 7. The first-order valence-corrected chi connectivity index (χ1v) is 15.0. The molecule has 2 radical (unpaired) electrons. The molecule has 0 bridgehead atoms. The van der Waals surface area contributed by atoms with Gasteiger partial charge in [0, 0.05) is 72.1 Å². The number of hydrogen-bond donors (Lipinski definition) is 3. The minimum atomic E-state index is -4.91. The molecule has 218 valence electrons. The number of aliphatic carboxylic acids is 1. The SMILES string of the molecule is CCCCCCCC/C=C\CCCCCCCC(=O)NCCOCCOC(=O)CC(C(=O)O)S(=O)(=O)O.[Na].[Na]. The zero-order valence-corrected chi connectivity index (χ0v) is 29.1. The van der Waals surface area contributed by atoms with E-state index in [1.54, 1.807) is 0 Å². The summed E-state index contributed by atoms with van der Waals surface area (Å²) in [6.45, 7) is 2.54. The number of amides is 1. The van der Waals surface area contributed by atoms with Gasteiger partial charge >= 0.3 is 11.9 Å². The van der Waals surface area contributed by atoms with Crippen molar-refractivity contribution in [3.8, 4) is 0 Å². The molecule has 1 unspecified atom stereocenters. The van der Waals surface area contributed by atoms with Gasteiger partial charge in [0.25, 0.3) is 10.1 Å². The van der Waals surface area contributed by atoms with Crippen LogP contribution in [-0.2, 0) is 34.0 Å². The van der Waals surface area contributed by atoms with Gasteiger partial charge < -0.3 is 19.9 Å². The Morgan fingerprint density at radius 1 is 0.821 bits per heavy atom. The van der Waals surface area contributed by atoms with Gasteiger partial charge in [-0.05, 0) is 32.1 Å². The summed E-state index contributed by atoms with van der Waals surface area (Å²) in [5.41, 5.74) is 0. The number of ether oxygens (including phenoxy) is 2. The second-order valence-electron chi connectivity index (χ2n) is 9.06. The molecule has 10 nitrogen and oxygen atoms in total. The summed E-state index contributed by atoms with van der Waals surface area (Å²) in [6, 6.07) is 0. The van der Waals surface area contributed by atoms with E-state index in [1.807, 2.05) is 0 Å². The first kappa shape index (κ1) is 43.5. The van der Waals surface area contributed by atoms with Crippen LogP contribution in [0.4, 0.5) is 0 Å². The molecule has 0 rings (SSSR count). The van der Waals surface area contributed by atoms with Crippen molar-refractivity contribution >= 4 is 87.1 Å². The first-order valence-electron chi connectivity index (χ1n) is 13.5. The van der Waals surface area contributed by atoms with Gasteiger partial charge in [-0.15, -0.1) is 0 Å². The van der Waals surface area contributed by atoms with E-state index in [9.17, 15) is 22.8 Å². The van der Waals surface area contributed by atoms with Crippen LogP contribution < -0.4 is 5.32 Å². The standard InChI is InChI=1S/C26H47NO9S.2Na/c1-2-3-4-5-6-7-8-9-10-11-12-13-14-15-16-17-24(28)27-18-19-35-20-21-36-25(29)22-23(26(30)31)37(32,33)34;;/h9-10,23H,2-8,11-22H2,1H3,(H,27,28)(H,30,31)(H,32,33,34);;/b10-9-;;. The van der Waals surface area contributed by atoms with Crippen LogP contribution in [0.5, 0.6) is 0 Å². The fraction of sp³-hybridized carbons (Fsp3) is 0.808.